The van der Waals surface area contributed by atoms with Crippen LogP contribution in [0.1, 0.15) is 34.7 Å². The highest BCUT2D eigenvalue weighted by atomic mass is 19.1. The Bertz CT molecular complexity index is 927. The van der Waals surface area contributed by atoms with Crippen LogP contribution in [0.3, 0.4) is 0 Å². The Balaban J connectivity index is 1.54. The smallest absolute Gasteiger partial charge is 0.257 e. The number of aromatic hydroxyl groups is 1. The topological polar surface area (TPSA) is 43.8 Å². The zero-order valence-corrected chi connectivity index (χ0v) is 15.4. The summed E-state index contributed by atoms with van der Waals surface area (Å²) in [7, 11) is 0. The summed E-state index contributed by atoms with van der Waals surface area (Å²) in [6.45, 7) is 2.49. The highest BCUT2D eigenvalue weighted by molar-refractivity contribution is 5.95. The predicted molar refractivity (Wildman–Crippen MR) is 100 cm³/mol. The first-order chi connectivity index (χ1) is 13.5. The van der Waals surface area contributed by atoms with E-state index in [0.29, 0.717) is 12.5 Å². The van der Waals surface area contributed by atoms with Crippen LogP contribution in [0.2, 0.25) is 0 Å². The summed E-state index contributed by atoms with van der Waals surface area (Å²) in [4.78, 5) is 17.5. The maximum absolute atomic E-state index is 14.3. The molecule has 0 unspecified atom stereocenters. The Morgan fingerprint density at radius 3 is 2.54 bits per heavy atom. The summed E-state index contributed by atoms with van der Waals surface area (Å²) < 4.78 is 27.6. The average Bonchev–Trinajstić information content (AvgIpc) is 3.11. The lowest BCUT2D eigenvalue weighted by atomic mass is 9.75. The molecule has 1 N–H and O–H groups in total. The van der Waals surface area contributed by atoms with Crippen molar-refractivity contribution in [1.29, 1.82) is 0 Å². The second kappa shape index (κ2) is 6.55. The maximum Gasteiger partial charge on any atom is 0.257 e. The monoisotopic (exact) mass is 384 g/mol. The van der Waals surface area contributed by atoms with E-state index in [-0.39, 0.29) is 35.2 Å². The summed E-state index contributed by atoms with van der Waals surface area (Å²) in [5, 5.41) is 9.94. The molecular formula is C22H22F2N2O2. The van der Waals surface area contributed by atoms with Gasteiger partial charge in [-0.1, -0.05) is 12.1 Å². The van der Waals surface area contributed by atoms with Crippen molar-refractivity contribution in [1.82, 2.24) is 9.80 Å². The molecule has 6 rings (SSSR count). The second-order valence-electron chi connectivity index (χ2n) is 8.14. The van der Waals surface area contributed by atoms with Crippen molar-refractivity contribution < 1.29 is 18.7 Å². The van der Waals surface area contributed by atoms with E-state index in [1.807, 2.05) is 12.1 Å². The number of hydrogen-bond acceptors (Lipinski definition) is 3. The van der Waals surface area contributed by atoms with Crippen LogP contribution in [0.25, 0.3) is 0 Å². The van der Waals surface area contributed by atoms with Crippen molar-refractivity contribution in [2.24, 2.45) is 5.92 Å². The van der Waals surface area contributed by atoms with Gasteiger partial charge in [0.25, 0.3) is 5.91 Å². The fourth-order valence-corrected chi connectivity index (χ4v) is 5.52. The van der Waals surface area contributed by atoms with Crippen LogP contribution in [0.5, 0.6) is 5.75 Å². The Hall–Kier alpha value is -2.47. The molecule has 28 heavy (non-hydrogen) atoms. The summed E-state index contributed by atoms with van der Waals surface area (Å²) >= 11 is 0. The molecule has 4 aliphatic rings. The first-order valence-electron chi connectivity index (χ1n) is 9.82. The number of rotatable bonds is 2. The number of piperidine rings is 3. The van der Waals surface area contributed by atoms with Gasteiger partial charge in [-0.2, -0.15) is 0 Å². The molecule has 2 aromatic rings. The molecule has 4 fully saturated rings. The molecule has 0 radical (unpaired) electrons. The van der Waals surface area contributed by atoms with Crippen LogP contribution in [0, 0.1) is 17.6 Å². The number of halogens is 2. The number of nitrogens with zero attached hydrogens (tertiary/aromatic N) is 2. The molecule has 4 heterocycles. The van der Waals surface area contributed by atoms with Crippen LogP contribution in [-0.2, 0) is 0 Å². The van der Waals surface area contributed by atoms with Crippen molar-refractivity contribution in [2.75, 3.05) is 19.6 Å². The molecule has 4 aliphatic heterocycles. The van der Waals surface area contributed by atoms with E-state index in [1.54, 1.807) is 17.0 Å². The summed E-state index contributed by atoms with van der Waals surface area (Å²) in [5.41, 5.74) is 0.922. The molecule has 4 saturated heterocycles. The molecule has 0 aliphatic carbocycles. The molecule has 1 amide bonds. The van der Waals surface area contributed by atoms with Gasteiger partial charge < -0.3 is 10.0 Å². The standard InChI is InChI=1S/C22H22F2N2O2/c23-15-4-5-17(19(24)11-15)22(28)26-12-18(14-2-1-3-16(27)10-14)21-20(26)13-6-8-25(21)9-7-13/h1-5,10-11,13,18,20-21,27H,6-9,12H2/t18-,20+,21+/m0/s1. The van der Waals surface area contributed by atoms with E-state index in [2.05, 4.69) is 4.90 Å². The molecule has 4 nitrogen and oxygen atoms in total. The van der Waals surface area contributed by atoms with Gasteiger partial charge in [-0.25, -0.2) is 8.78 Å². The molecular weight excluding hydrogens is 362 g/mol. The van der Waals surface area contributed by atoms with E-state index < -0.39 is 11.6 Å². The summed E-state index contributed by atoms with van der Waals surface area (Å²) in [6.07, 6.45) is 2.06. The first-order valence-corrected chi connectivity index (χ1v) is 9.82. The number of likely N-dealkylation sites (tertiary alicyclic amines) is 1. The van der Waals surface area contributed by atoms with Crippen LogP contribution >= 0.6 is 0 Å². The number of carbonyl (C=O) groups is 1. The van der Waals surface area contributed by atoms with Gasteiger partial charge in [0.05, 0.1) is 11.6 Å². The fourth-order valence-electron chi connectivity index (χ4n) is 5.52. The second-order valence-corrected chi connectivity index (χ2v) is 8.14. The number of amides is 1. The van der Waals surface area contributed by atoms with E-state index in [9.17, 15) is 18.7 Å². The Morgan fingerprint density at radius 1 is 1.04 bits per heavy atom. The van der Waals surface area contributed by atoms with Gasteiger partial charge in [-0.15, -0.1) is 0 Å². The van der Waals surface area contributed by atoms with E-state index in [1.165, 1.54) is 6.07 Å². The molecule has 0 aromatic heterocycles. The SMILES string of the molecule is O=C(c1ccc(F)cc1F)N1C[C@@H](c2cccc(O)c2)[C@@H]2[C@H]1C1CCN2CC1. The normalized spacial score (nSPS) is 31.1. The van der Waals surface area contributed by atoms with E-state index in [4.69, 9.17) is 0 Å². The van der Waals surface area contributed by atoms with Crippen molar-refractivity contribution in [3.63, 3.8) is 0 Å². The van der Waals surface area contributed by atoms with Gasteiger partial charge in [0.2, 0.25) is 0 Å². The zero-order valence-electron chi connectivity index (χ0n) is 15.4. The third-order valence-corrected chi connectivity index (χ3v) is 6.72. The molecule has 0 saturated carbocycles. The first kappa shape index (κ1) is 17.6. The van der Waals surface area contributed by atoms with Crippen molar-refractivity contribution >= 4 is 5.91 Å². The third kappa shape index (κ3) is 2.70. The highest BCUT2D eigenvalue weighted by Gasteiger charge is 2.54. The lowest BCUT2D eigenvalue weighted by Crippen LogP contribution is -2.60. The minimum Gasteiger partial charge on any atom is -0.508 e. The molecule has 3 atom stereocenters. The Kier molecular flexibility index (Phi) is 4.12. The lowest BCUT2D eigenvalue weighted by molar-refractivity contribution is -0.00355. The van der Waals surface area contributed by atoms with E-state index >= 15 is 0 Å². The number of carbonyl (C=O) groups excluding carboxylic acids is 1. The van der Waals surface area contributed by atoms with Gasteiger partial charge in [0.1, 0.15) is 17.4 Å². The van der Waals surface area contributed by atoms with Crippen molar-refractivity contribution in [3.8, 4) is 5.75 Å². The van der Waals surface area contributed by atoms with Gasteiger partial charge >= 0.3 is 0 Å². The summed E-state index contributed by atoms with van der Waals surface area (Å²) in [5.74, 6) is -1.21. The minimum atomic E-state index is -0.816. The largest absolute Gasteiger partial charge is 0.508 e. The van der Waals surface area contributed by atoms with Gasteiger partial charge in [0, 0.05) is 24.6 Å². The molecule has 2 aromatic carbocycles. The Morgan fingerprint density at radius 2 is 1.82 bits per heavy atom. The highest BCUT2D eigenvalue weighted by Crippen LogP contribution is 2.47. The Labute approximate surface area is 162 Å². The van der Waals surface area contributed by atoms with E-state index in [0.717, 1.165) is 43.6 Å². The molecule has 146 valence electrons. The third-order valence-electron chi connectivity index (χ3n) is 6.72. The predicted octanol–water partition coefficient (Wildman–Crippen LogP) is 3.37. The zero-order chi connectivity index (χ0) is 19.4. The molecule has 2 bridgehead atoms. The number of phenols is 1. The van der Waals surface area contributed by atoms with Crippen LogP contribution in [0.15, 0.2) is 42.5 Å². The number of hydrogen-bond donors (Lipinski definition) is 1. The van der Waals surface area contributed by atoms with Gasteiger partial charge in [-0.3, -0.25) is 9.69 Å². The number of fused-ring (bicyclic) bond motifs is 2. The van der Waals surface area contributed by atoms with Crippen molar-refractivity contribution in [3.05, 3.63) is 65.2 Å². The van der Waals surface area contributed by atoms with Crippen LogP contribution in [0.4, 0.5) is 8.78 Å². The van der Waals surface area contributed by atoms with Crippen LogP contribution in [-0.4, -0.2) is 52.5 Å². The lowest BCUT2D eigenvalue weighted by Gasteiger charge is -2.51. The van der Waals surface area contributed by atoms with Gasteiger partial charge in [-0.05, 0) is 61.7 Å². The minimum absolute atomic E-state index is 0.0202. The molecule has 6 heteroatoms. The number of benzene rings is 2. The van der Waals surface area contributed by atoms with Gasteiger partial charge in [0.15, 0.2) is 0 Å². The maximum atomic E-state index is 14.3. The fraction of sp³-hybridized carbons (Fsp3) is 0.409. The quantitative estimate of drug-likeness (QED) is 0.863. The van der Waals surface area contributed by atoms with Crippen LogP contribution < -0.4 is 0 Å². The molecule has 0 spiro atoms. The van der Waals surface area contributed by atoms with Crippen molar-refractivity contribution in [2.45, 2.75) is 30.8 Å². The number of phenolic OH excluding ortho intramolecular Hbond substituents is 1. The average molecular weight is 384 g/mol. The summed E-state index contributed by atoms with van der Waals surface area (Å²) in [6, 6.07) is 10.5.